The van der Waals surface area contributed by atoms with Gasteiger partial charge >= 0.3 is 18.2 Å². The SMILES string of the molecule is C[C@]1(Cn2cc(-c3ccc(OC(F)(F)F)cc3)nn2)Cn2cc([N+](=O)[O-])nc2O1. The molecule has 3 heterocycles. The summed E-state index contributed by atoms with van der Waals surface area (Å²) in [5.74, 6) is -0.618. The Balaban J connectivity index is 1.44. The molecule has 1 atom stereocenters. The molecule has 1 aromatic carbocycles. The second-order valence-corrected chi connectivity index (χ2v) is 6.69. The Morgan fingerprint density at radius 3 is 2.66 bits per heavy atom. The molecule has 1 aliphatic rings. The van der Waals surface area contributed by atoms with Crippen LogP contribution in [0.5, 0.6) is 11.8 Å². The summed E-state index contributed by atoms with van der Waals surface area (Å²) in [6.45, 7) is 2.42. The van der Waals surface area contributed by atoms with E-state index in [1.807, 2.05) is 0 Å². The molecule has 0 N–H and O–H groups in total. The highest BCUT2D eigenvalue weighted by Gasteiger charge is 2.41. The van der Waals surface area contributed by atoms with E-state index in [2.05, 4.69) is 20.0 Å². The minimum Gasteiger partial charge on any atom is -0.436 e. The molecule has 0 bridgehead atoms. The minimum absolute atomic E-state index is 0.153. The van der Waals surface area contributed by atoms with E-state index in [0.29, 0.717) is 17.8 Å². The Kier molecular flexibility index (Phi) is 4.17. The Bertz CT molecular complexity index is 1040. The van der Waals surface area contributed by atoms with Crippen LogP contribution in [0.25, 0.3) is 11.3 Å². The van der Waals surface area contributed by atoms with Gasteiger partial charge in [0, 0.05) is 10.5 Å². The lowest BCUT2D eigenvalue weighted by Gasteiger charge is -2.21. The summed E-state index contributed by atoms with van der Waals surface area (Å²) in [5.41, 5.74) is 0.276. The number of ether oxygens (including phenoxy) is 2. The van der Waals surface area contributed by atoms with Crippen LogP contribution in [0.4, 0.5) is 19.0 Å². The first-order chi connectivity index (χ1) is 13.6. The summed E-state index contributed by atoms with van der Waals surface area (Å²) in [6.07, 6.45) is -1.83. The highest BCUT2D eigenvalue weighted by Crippen LogP contribution is 2.32. The van der Waals surface area contributed by atoms with Crippen molar-refractivity contribution >= 4 is 5.82 Å². The van der Waals surface area contributed by atoms with Crippen molar-refractivity contribution in [1.82, 2.24) is 24.5 Å². The predicted molar refractivity (Wildman–Crippen MR) is 90.1 cm³/mol. The van der Waals surface area contributed by atoms with Crippen molar-refractivity contribution < 1.29 is 27.6 Å². The summed E-state index contributed by atoms with van der Waals surface area (Å²) in [4.78, 5) is 14.0. The standard InChI is InChI=1S/C16H13F3N6O4/c1-15(8-23-7-13(25(26)27)20-14(23)29-15)9-24-6-12(21-22-24)10-2-4-11(5-3-10)28-16(17,18)19/h2-7H,8-9H2,1H3/t15-/m1/s1. The summed E-state index contributed by atoms with van der Waals surface area (Å²) in [5, 5.41) is 18.8. The van der Waals surface area contributed by atoms with Gasteiger partial charge in [-0.25, -0.2) is 4.68 Å². The van der Waals surface area contributed by atoms with E-state index in [4.69, 9.17) is 4.74 Å². The van der Waals surface area contributed by atoms with E-state index in [9.17, 15) is 23.3 Å². The Morgan fingerprint density at radius 2 is 2.03 bits per heavy atom. The molecule has 2 aromatic heterocycles. The molecule has 0 radical (unpaired) electrons. The topological polar surface area (TPSA) is 110 Å². The zero-order valence-electron chi connectivity index (χ0n) is 14.8. The van der Waals surface area contributed by atoms with Gasteiger partial charge in [0.1, 0.15) is 23.2 Å². The first-order valence-electron chi connectivity index (χ1n) is 8.27. The molecular weight excluding hydrogens is 397 g/mol. The van der Waals surface area contributed by atoms with Crippen LogP contribution in [0, 0.1) is 10.1 Å². The molecule has 0 saturated heterocycles. The van der Waals surface area contributed by atoms with E-state index in [1.54, 1.807) is 17.7 Å². The van der Waals surface area contributed by atoms with Gasteiger partial charge in [-0.05, 0) is 36.1 Å². The third-order valence-electron chi connectivity index (χ3n) is 4.18. The first kappa shape index (κ1) is 18.7. The molecule has 0 aliphatic carbocycles. The van der Waals surface area contributed by atoms with E-state index in [-0.39, 0.29) is 24.1 Å². The number of benzene rings is 1. The van der Waals surface area contributed by atoms with Gasteiger partial charge in [-0.1, -0.05) is 5.21 Å². The summed E-state index contributed by atoms with van der Waals surface area (Å²) < 4.78 is 49.4. The highest BCUT2D eigenvalue weighted by molar-refractivity contribution is 5.58. The quantitative estimate of drug-likeness (QED) is 0.470. The lowest BCUT2D eigenvalue weighted by molar-refractivity contribution is -0.389. The van der Waals surface area contributed by atoms with Gasteiger partial charge in [0.15, 0.2) is 0 Å². The zero-order valence-corrected chi connectivity index (χ0v) is 14.8. The number of hydrogen-bond donors (Lipinski definition) is 0. The van der Waals surface area contributed by atoms with Gasteiger partial charge in [-0.2, -0.15) is 0 Å². The number of imidazole rings is 1. The summed E-state index contributed by atoms with van der Waals surface area (Å²) in [7, 11) is 0. The van der Waals surface area contributed by atoms with Crippen LogP contribution >= 0.6 is 0 Å². The second-order valence-electron chi connectivity index (χ2n) is 6.69. The van der Waals surface area contributed by atoms with Crippen molar-refractivity contribution in [1.29, 1.82) is 0 Å². The number of rotatable bonds is 5. The van der Waals surface area contributed by atoms with Crippen molar-refractivity contribution in [3.8, 4) is 23.0 Å². The Hall–Kier alpha value is -3.64. The van der Waals surface area contributed by atoms with Crippen molar-refractivity contribution in [3.05, 3.63) is 46.8 Å². The summed E-state index contributed by atoms with van der Waals surface area (Å²) >= 11 is 0. The van der Waals surface area contributed by atoms with Crippen LogP contribution < -0.4 is 9.47 Å². The highest BCUT2D eigenvalue weighted by atomic mass is 19.4. The van der Waals surface area contributed by atoms with E-state index in [0.717, 1.165) is 0 Å². The van der Waals surface area contributed by atoms with Gasteiger partial charge in [0.25, 0.3) is 0 Å². The van der Waals surface area contributed by atoms with Crippen molar-refractivity contribution in [2.24, 2.45) is 0 Å². The molecule has 3 aromatic rings. The molecule has 10 nitrogen and oxygen atoms in total. The van der Waals surface area contributed by atoms with Gasteiger partial charge in [-0.3, -0.25) is 4.57 Å². The number of nitro groups is 1. The van der Waals surface area contributed by atoms with Gasteiger partial charge in [-0.15, -0.1) is 18.3 Å². The van der Waals surface area contributed by atoms with Crippen LogP contribution in [-0.4, -0.2) is 41.4 Å². The minimum atomic E-state index is -4.75. The molecule has 13 heteroatoms. The maximum absolute atomic E-state index is 12.2. The van der Waals surface area contributed by atoms with E-state index >= 15 is 0 Å². The second kappa shape index (κ2) is 6.46. The molecule has 29 heavy (non-hydrogen) atoms. The maximum Gasteiger partial charge on any atom is 0.573 e. The van der Waals surface area contributed by atoms with E-state index in [1.165, 1.54) is 35.1 Å². The van der Waals surface area contributed by atoms with Gasteiger partial charge in [0.2, 0.25) is 0 Å². The third-order valence-corrected chi connectivity index (χ3v) is 4.18. The predicted octanol–water partition coefficient (Wildman–Crippen LogP) is 2.80. The molecule has 0 fully saturated rings. The Morgan fingerprint density at radius 1 is 1.31 bits per heavy atom. The van der Waals surface area contributed by atoms with Crippen LogP contribution in [0.2, 0.25) is 0 Å². The average molecular weight is 410 g/mol. The maximum atomic E-state index is 12.2. The van der Waals surface area contributed by atoms with Gasteiger partial charge < -0.3 is 19.6 Å². The fourth-order valence-electron chi connectivity index (χ4n) is 3.04. The molecule has 4 rings (SSSR count). The van der Waals surface area contributed by atoms with Crippen molar-refractivity contribution in [2.45, 2.75) is 32.0 Å². The molecule has 152 valence electrons. The number of halogens is 3. The molecule has 0 spiro atoms. The van der Waals surface area contributed by atoms with Crippen LogP contribution in [-0.2, 0) is 13.1 Å². The molecular formula is C16H13F3N6O4. The number of alkyl halides is 3. The molecule has 1 aliphatic heterocycles. The normalized spacial score (nSPS) is 18.3. The molecule has 0 amide bonds. The number of aromatic nitrogens is 5. The monoisotopic (exact) mass is 410 g/mol. The summed E-state index contributed by atoms with van der Waals surface area (Å²) in [6, 6.07) is 5.42. The largest absolute Gasteiger partial charge is 0.573 e. The fourth-order valence-corrected chi connectivity index (χ4v) is 3.04. The lowest BCUT2D eigenvalue weighted by Crippen LogP contribution is -2.36. The van der Waals surface area contributed by atoms with Crippen LogP contribution in [0.15, 0.2) is 36.7 Å². The average Bonchev–Trinajstić information content (AvgIpc) is 3.28. The van der Waals surface area contributed by atoms with E-state index < -0.39 is 16.9 Å². The van der Waals surface area contributed by atoms with Gasteiger partial charge in [0.05, 0.1) is 19.3 Å². The lowest BCUT2D eigenvalue weighted by atomic mass is 10.1. The van der Waals surface area contributed by atoms with Crippen molar-refractivity contribution in [2.75, 3.05) is 0 Å². The number of nitrogens with zero attached hydrogens (tertiary/aromatic N) is 6. The molecule has 0 unspecified atom stereocenters. The molecule has 0 saturated carbocycles. The number of hydrogen-bond acceptors (Lipinski definition) is 7. The third kappa shape index (κ3) is 3.97. The van der Waals surface area contributed by atoms with Crippen molar-refractivity contribution in [3.63, 3.8) is 0 Å². The Labute approximate surface area is 160 Å². The zero-order chi connectivity index (χ0) is 20.8. The smallest absolute Gasteiger partial charge is 0.436 e. The van der Waals surface area contributed by atoms with Crippen LogP contribution in [0.1, 0.15) is 6.92 Å². The van der Waals surface area contributed by atoms with Crippen LogP contribution in [0.3, 0.4) is 0 Å². The first-order valence-corrected chi connectivity index (χ1v) is 8.27. The number of fused-ring (bicyclic) bond motifs is 1. The fraction of sp³-hybridized carbons (Fsp3) is 0.312.